The molecule has 0 aliphatic carbocycles. The van der Waals surface area contributed by atoms with Crippen molar-refractivity contribution in [3.05, 3.63) is 18.0 Å². The van der Waals surface area contributed by atoms with Gasteiger partial charge in [0.2, 0.25) is 0 Å². The Hall–Kier alpha value is -1.01. The van der Waals surface area contributed by atoms with Gasteiger partial charge in [-0.1, -0.05) is 0 Å². The molecule has 0 aliphatic heterocycles. The van der Waals surface area contributed by atoms with Crippen LogP contribution in [-0.4, -0.2) is 34.0 Å². The maximum Gasteiger partial charge on any atom is 0.265 e. The van der Waals surface area contributed by atoms with E-state index in [-0.39, 0.29) is 6.54 Å². The highest BCUT2D eigenvalue weighted by molar-refractivity contribution is 4.97. The predicted molar refractivity (Wildman–Crippen MR) is 46.9 cm³/mol. The molecule has 0 aromatic carbocycles. The highest BCUT2D eigenvalue weighted by Crippen LogP contribution is 1.99. The number of rotatable bonds is 5. The maximum atomic E-state index is 11.8. The predicted octanol–water partition coefficient (Wildman–Crippen LogP) is 0.136. The molecular formula is C8H13F2N3O. The number of hydrogen-bond donors (Lipinski definition) is 2. The molecular weight excluding hydrogens is 192 g/mol. The molecule has 1 heterocycles. The van der Waals surface area contributed by atoms with Crippen molar-refractivity contribution >= 4 is 0 Å². The second-order valence-corrected chi connectivity index (χ2v) is 3.01. The van der Waals surface area contributed by atoms with Crippen LogP contribution in [0.15, 0.2) is 12.3 Å². The summed E-state index contributed by atoms with van der Waals surface area (Å²) in [6.07, 6.45) is -2.55. The van der Waals surface area contributed by atoms with E-state index < -0.39 is 12.5 Å². The molecule has 80 valence electrons. The third-order valence-corrected chi connectivity index (χ3v) is 1.72. The first-order chi connectivity index (χ1) is 6.59. The molecule has 1 aromatic heterocycles. The minimum Gasteiger partial charge on any atom is -0.386 e. The van der Waals surface area contributed by atoms with Crippen LogP contribution in [-0.2, 0) is 13.6 Å². The zero-order valence-corrected chi connectivity index (χ0v) is 7.82. The molecule has 2 N–H and O–H groups in total. The summed E-state index contributed by atoms with van der Waals surface area (Å²) in [6, 6.07) is 1.78. The third-order valence-electron chi connectivity index (χ3n) is 1.72. The summed E-state index contributed by atoms with van der Waals surface area (Å²) in [4.78, 5) is 0. The fourth-order valence-corrected chi connectivity index (χ4v) is 0.995. The standard InChI is InChI=1S/C8H13F2N3O/c1-13-3-2-6(12-13)4-11-5-7(14)8(9)10/h2-3,7-8,11,14H,4-5H2,1H3. The van der Waals surface area contributed by atoms with Gasteiger partial charge in [-0.2, -0.15) is 5.10 Å². The van der Waals surface area contributed by atoms with Gasteiger partial charge in [-0.3, -0.25) is 4.68 Å². The first-order valence-corrected chi connectivity index (χ1v) is 4.25. The highest BCUT2D eigenvalue weighted by Gasteiger charge is 2.15. The van der Waals surface area contributed by atoms with Crippen molar-refractivity contribution in [1.82, 2.24) is 15.1 Å². The van der Waals surface area contributed by atoms with E-state index in [2.05, 4.69) is 10.4 Å². The van der Waals surface area contributed by atoms with E-state index in [1.807, 2.05) is 0 Å². The quantitative estimate of drug-likeness (QED) is 0.718. The Kier molecular flexibility index (Phi) is 3.97. The van der Waals surface area contributed by atoms with Gasteiger partial charge in [-0.15, -0.1) is 0 Å². The number of hydrogen-bond acceptors (Lipinski definition) is 3. The Morgan fingerprint density at radius 1 is 1.64 bits per heavy atom. The van der Waals surface area contributed by atoms with Crippen molar-refractivity contribution in [3.63, 3.8) is 0 Å². The van der Waals surface area contributed by atoms with Gasteiger partial charge in [0, 0.05) is 26.3 Å². The number of aryl methyl sites for hydroxylation is 1. The van der Waals surface area contributed by atoms with Gasteiger partial charge in [-0.05, 0) is 6.07 Å². The zero-order valence-electron chi connectivity index (χ0n) is 7.82. The second-order valence-electron chi connectivity index (χ2n) is 3.01. The van der Waals surface area contributed by atoms with Crippen LogP contribution in [0.2, 0.25) is 0 Å². The van der Waals surface area contributed by atoms with E-state index in [1.165, 1.54) is 0 Å². The first-order valence-electron chi connectivity index (χ1n) is 4.25. The molecule has 6 heteroatoms. The van der Waals surface area contributed by atoms with E-state index >= 15 is 0 Å². The lowest BCUT2D eigenvalue weighted by Gasteiger charge is -2.09. The monoisotopic (exact) mass is 205 g/mol. The van der Waals surface area contributed by atoms with Crippen LogP contribution in [0, 0.1) is 0 Å². The molecule has 0 bridgehead atoms. The van der Waals surface area contributed by atoms with Gasteiger partial charge in [0.1, 0.15) is 6.10 Å². The van der Waals surface area contributed by atoms with Gasteiger partial charge in [-0.25, -0.2) is 8.78 Å². The largest absolute Gasteiger partial charge is 0.386 e. The fourth-order valence-electron chi connectivity index (χ4n) is 0.995. The lowest BCUT2D eigenvalue weighted by atomic mass is 10.3. The van der Waals surface area contributed by atoms with E-state index in [1.54, 1.807) is 24.0 Å². The summed E-state index contributed by atoms with van der Waals surface area (Å²) < 4.78 is 25.3. The van der Waals surface area contributed by atoms with Crippen LogP contribution in [0.5, 0.6) is 0 Å². The summed E-state index contributed by atoms with van der Waals surface area (Å²) in [6.45, 7) is 0.249. The Balaban J connectivity index is 2.22. The summed E-state index contributed by atoms with van der Waals surface area (Å²) in [5.74, 6) is 0. The van der Waals surface area contributed by atoms with Crippen molar-refractivity contribution in [2.45, 2.75) is 19.1 Å². The molecule has 0 aliphatic rings. The number of aliphatic hydroxyl groups excluding tert-OH is 1. The van der Waals surface area contributed by atoms with Gasteiger partial charge >= 0.3 is 0 Å². The number of aliphatic hydroxyl groups is 1. The fraction of sp³-hybridized carbons (Fsp3) is 0.625. The average Bonchev–Trinajstić information content (AvgIpc) is 2.51. The molecule has 0 saturated heterocycles. The summed E-state index contributed by atoms with van der Waals surface area (Å²) >= 11 is 0. The number of nitrogens with one attached hydrogen (secondary N) is 1. The van der Waals surface area contributed by atoms with Gasteiger partial charge < -0.3 is 10.4 Å². The molecule has 1 rings (SSSR count). The normalized spacial score (nSPS) is 13.5. The molecule has 1 atom stereocenters. The van der Waals surface area contributed by atoms with E-state index in [0.717, 1.165) is 5.69 Å². The summed E-state index contributed by atoms with van der Waals surface area (Å²) in [5.41, 5.74) is 0.758. The summed E-state index contributed by atoms with van der Waals surface area (Å²) in [7, 11) is 1.78. The Morgan fingerprint density at radius 3 is 2.86 bits per heavy atom. The SMILES string of the molecule is Cn1ccc(CNCC(O)C(F)F)n1. The van der Waals surface area contributed by atoms with E-state index in [4.69, 9.17) is 5.11 Å². The van der Waals surface area contributed by atoms with Gasteiger partial charge in [0.15, 0.2) is 0 Å². The molecule has 0 amide bonds. The third kappa shape index (κ3) is 3.39. The van der Waals surface area contributed by atoms with Crippen LogP contribution in [0.1, 0.15) is 5.69 Å². The van der Waals surface area contributed by atoms with Crippen LogP contribution < -0.4 is 5.32 Å². The smallest absolute Gasteiger partial charge is 0.265 e. The van der Waals surface area contributed by atoms with Crippen molar-refractivity contribution in [2.75, 3.05) is 6.54 Å². The van der Waals surface area contributed by atoms with Crippen molar-refractivity contribution in [2.24, 2.45) is 7.05 Å². The molecule has 1 aromatic rings. The Morgan fingerprint density at radius 2 is 2.36 bits per heavy atom. The molecule has 4 nitrogen and oxygen atoms in total. The number of aromatic nitrogens is 2. The average molecular weight is 205 g/mol. The molecule has 0 fully saturated rings. The van der Waals surface area contributed by atoms with Crippen LogP contribution in [0.3, 0.4) is 0 Å². The number of nitrogens with zero attached hydrogens (tertiary/aromatic N) is 2. The zero-order chi connectivity index (χ0) is 10.6. The maximum absolute atomic E-state index is 11.8. The lowest BCUT2D eigenvalue weighted by Crippen LogP contribution is -2.31. The summed E-state index contributed by atoms with van der Waals surface area (Å²) in [5, 5.41) is 15.5. The molecule has 0 saturated carbocycles. The molecule has 0 spiro atoms. The lowest BCUT2D eigenvalue weighted by molar-refractivity contribution is -0.00344. The van der Waals surface area contributed by atoms with Gasteiger partial charge in [0.25, 0.3) is 6.43 Å². The van der Waals surface area contributed by atoms with E-state index in [0.29, 0.717) is 6.54 Å². The molecule has 14 heavy (non-hydrogen) atoms. The number of halogens is 2. The molecule has 1 unspecified atom stereocenters. The molecule has 0 radical (unpaired) electrons. The van der Waals surface area contributed by atoms with E-state index in [9.17, 15) is 8.78 Å². The van der Waals surface area contributed by atoms with Crippen LogP contribution >= 0.6 is 0 Å². The van der Waals surface area contributed by atoms with Crippen molar-refractivity contribution in [3.8, 4) is 0 Å². The van der Waals surface area contributed by atoms with Crippen LogP contribution in [0.4, 0.5) is 8.78 Å². The first kappa shape index (κ1) is 11.1. The topological polar surface area (TPSA) is 50.1 Å². The van der Waals surface area contributed by atoms with Crippen LogP contribution in [0.25, 0.3) is 0 Å². The second kappa shape index (κ2) is 5.02. The Labute approximate surface area is 80.5 Å². The van der Waals surface area contributed by atoms with Gasteiger partial charge in [0.05, 0.1) is 5.69 Å². The van der Waals surface area contributed by atoms with Crippen molar-refractivity contribution in [1.29, 1.82) is 0 Å². The Bertz CT molecular complexity index is 277. The highest BCUT2D eigenvalue weighted by atomic mass is 19.3. The minimum atomic E-state index is -2.70. The minimum absolute atomic E-state index is 0.131. The number of alkyl halides is 2. The van der Waals surface area contributed by atoms with Crippen molar-refractivity contribution < 1.29 is 13.9 Å².